The summed E-state index contributed by atoms with van der Waals surface area (Å²) in [4.78, 5) is 10.7. The van der Waals surface area contributed by atoms with E-state index < -0.39 is 5.97 Å². The highest BCUT2D eigenvalue weighted by Crippen LogP contribution is 2.08. The zero-order chi connectivity index (χ0) is 16.1. The fraction of sp³-hybridized carbons (Fsp3) is 0.824. The Hall–Kier alpha value is -1.03. The highest BCUT2D eigenvalue weighted by atomic mass is 16.5. The number of likely N-dealkylation sites (N-methyl/N-ethyl adjacent to an activating group) is 1. The number of quaternary nitrogens is 1. The molecule has 21 heavy (non-hydrogen) atoms. The van der Waals surface area contributed by atoms with Crippen molar-refractivity contribution in [3.8, 4) is 0 Å². The molecule has 0 aliphatic carbocycles. The predicted molar refractivity (Wildman–Crippen MR) is 84.5 cm³/mol. The molecule has 4 nitrogen and oxygen atoms in total. The van der Waals surface area contributed by atoms with Crippen LogP contribution in [0, 0.1) is 0 Å². The van der Waals surface area contributed by atoms with Crippen LogP contribution in [0.4, 0.5) is 0 Å². The Morgan fingerprint density at radius 3 is 2.33 bits per heavy atom. The zero-order valence-corrected chi connectivity index (χ0v) is 14.3. The van der Waals surface area contributed by atoms with E-state index >= 15 is 0 Å². The number of carboxylic acid groups (broad SMARTS) is 1. The highest BCUT2D eigenvalue weighted by molar-refractivity contribution is 5.64. The molecule has 0 aromatic heterocycles. The summed E-state index contributed by atoms with van der Waals surface area (Å²) in [5, 5.41) is 10.7. The fourth-order valence-corrected chi connectivity index (χ4v) is 2.23. The molecular weight excluding hydrogens is 266 g/mol. The van der Waals surface area contributed by atoms with E-state index in [0.717, 1.165) is 6.42 Å². The summed E-state index contributed by atoms with van der Waals surface area (Å²) in [7, 11) is 6.06. The standard InChI is InChI=1S/C17H33NO3/c1-5-6-7-8-9-10-11-12-13-21-16(14-17(19)20)15-18(2,3)4/h12-13,16H,5-11,14-15H2,1-4H3. The van der Waals surface area contributed by atoms with Crippen molar-refractivity contribution in [3.63, 3.8) is 0 Å². The number of carboxylic acids is 1. The lowest BCUT2D eigenvalue weighted by Gasteiger charge is -2.28. The number of allylic oxidation sites excluding steroid dienone is 1. The van der Waals surface area contributed by atoms with Crippen LogP contribution in [0.5, 0.6) is 0 Å². The first-order valence-electron chi connectivity index (χ1n) is 8.16. The number of carbonyl (C=O) groups excluding carboxylic acids is 1. The van der Waals surface area contributed by atoms with E-state index in [4.69, 9.17) is 4.74 Å². The van der Waals surface area contributed by atoms with E-state index in [1.807, 2.05) is 27.2 Å². The second-order valence-corrected chi connectivity index (χ2v) is 6.74. The summed E-state index contributed by atoms with van der Waals surface area (Å²) < 4.78 is 6.23. The molecule has 0 aromatic rings. The lowest BCUT2D eigenvalue weighted by atomic mass is 10.1. The Labute approximate surface area is 130 Å². The lowest BCUT2D eigenvalue weighted by Crippen LogP contribution is -2.44. The Balaban J connectivity index is 3.84. The average molecular weight is 299 g/mol. The third-order valence-electron chi connectivity index (χ3n) is 3.24. The molecule has 0 amide bonds. The van der Waals surface area contributed by atoms with Gasteiger partial charge in [0, 0.05) is 12.4 Å². The van der Waals surface area contributed by atoms with Crippen LogP contribution in [-0.4, -0.2) is 44.2 Å². The van der Waals surface area contributed by atoms with Crippen LogP contribution in [0.2, 0.25) is 0 Å². The van der Waals surface area contributed by atoms with Crippen LogP contribution >= 0.6 is 0 Å². The van der Waals surface area contributed by atoms with Crippen LogP contribution < -0.4 is 5.11 Å². The van der Waals surface area contributed by atoms with Crippen molar-refractivity contribution in [1.29, 1.82) is 0 Å². The van der Waals surface area contributed by atoms with Gasteiger partial charge in [-0.05, 0) is 18.9 Å². The van der Waals surface area contributed by atoms with Crippen LogP contribution in [-0.2, 0) is 9.53 Å². The lowest BCUT2D eigenvalue weighted by molar-refractivity contribution is -0.873. The molecule has 4 heteroatoms. The number of unbranched alkanes of at least 4 members (excludes halogenated alkanes) is 6. The van der Waals surface area contributed by atoms with Crippen LogP contribution in [0.3, 0.4) is 0 Å². The summed E-state index contributed by atoms with van der Waals surface area (Å²) in [6.45, 7) is 2.87. The quantitative estimate of drug-likeness (QED) is 0.298. The van der Waals surface area contributed by atoms with Crippen LogP contribution in [0.1, 0.15) is 58.3 Å². The van der Waals surface area contributed by atoms with Gasteiger partial charge in [-0.2, -0.15) is 0 Å². The first kappa shape index (κ1) is 20.0. The predicted octanol–water partition coefficient (Wildman–Crippen LogP) is 2.48. The fourth-order valence-electron chi connectivity index (χ4n) is 2.23. The molecule has 1 unspecified atom stereocenters. The summed E-state index contributed by atoms with van der Waals surface area (Å²) in [6.07, 6.45) is 11.9. The van der Waals surface area contributed by atoms with Gasteiger partial charge in [-0.1, -0.05) is 39.0 Å². The maximum Gasteiger partial charge on any atom is 0.152 e. The SMILES string of the molecule is CCCCCCCCC=COC(CC(=O)[O-])C[N+](C)(C)C. The number of carbonyl (C=O) groups is 1. The van der Waals surface area contributed by atoms with Gasteiger partial charge < -0.3 is 19.1 Å². The van der Waals surface area contributed by atoms with Gasteiger partial charge in [0.2, 0.25) is 0 Å². The molecule has 124 valence electrons. The third kappa shape index (κ3) is 15.2. The van der Waals surface area contributed by atoms with Gasteiger partial charge in [-0.15, -0.1) is 0 Å². The van der Waals surface area contributed by atoms with Crippen LogP contribution in [0.25, 0.3) is 0 Å². The van der Waals surface area contributed by atoms with Crippen molar-refractivity contribution in [2.45, 2.75) is 64.4 Å². The molecule has 1 atom stereocenters. The minimum atomic E-state index is -1.06. The zero-order valence-electron chi connectivity index (χ0n) is 14.3. The average Bonchev–Trinajstić information content (AvgIpc) is 2.34. The van der Waals surface area contributed by atoms with Crippen molar-refractivity contribution < 1.29 is 19.1 Å². The van der Waals surface area contributed by atoms with Crippen molar-refractivity contribution in [1.82, 2.24) is 0 Å². The maximum absolute atomic E-state index is 10.7. The maximum atomic E-state index is 10.7. The molecule has 0 aromatic carbocycles. The highest BCUT2D eigenvalue weighted by Gasteiger charge is 2.18. The molecule has 0 saturated carbocycles. The molecule has 0 spiro atoms. The first-order valence-corrected chi connectivity index (χ1v) is 8.16. The molecule has 0 saturated heterocycles. The van der Waals surface area contributed by atoms with E-state index in [1.54, 1.807) is 6.26 Å². The molecule has 0 fully saturated rings. The van der Waals surface area contributed by atoms with E-state index in [2.05, 4.69) is 6.92 Å². The smallest absolute Gasteiger partial charge is 0.152 e. The van der Waals surface area contributed by atoms with E-state index in [-0.39, 0.29) is 12.5 Å². The Kier molecular flexibility index (Phi) is 11.0. The molecule has 0 bridgehead atoms. The Morgan fingerprint density at radius 1 is 1.14 bits per heavy atom. The van der Waals surface area contributed by atoms with Gasteiger partial charge in [-0.3, -0.25) is 0 Å². The van der Waals surface area contributed by atoms with Gasteiger partial charge in [0.1, 0.15) is 6.54 Å². The van der Waals surface area contributed by atoms with Crippen molar-refractivity contribution in [3.05, 3.63) is 12.3 Å². The molecule has 0 aliphatic rings. The van der Waals surface area contributed by atoms with E-state index in [0.29, 0.717) is 11.0 Å². The van der Waals surface area contributed by atoms with E-state index in [9.17, 15) is 9.90 Å². The topological polar surface area (TPSA) is 49.4 Å². The summed E-state index contributed by atoms with van der Waals surface area (Å²) >= 11 is 0. The third-order valence-corrected chi connectivity index (χ3v) is 3.24. The number of hydrogen-bond donors (Lipinski definition) is 0. The molecule has 0 N–H and O–H groups in total. The van der Waals surface area contributed by atoms with Gasteiger partial charge >= 0.3 is 0 Å². The Morgan fingerprint density at radius 2 is 1.76 bits per heavy atom. The van der Waals surface area contributed by atoms with Gasteiger partial charge in [0.15, 0.2) is 6.10 Å². The van der Waals surface area contributed by atoms with Crippen molar-refractivity contribution >= 4 is 5.97 Å². The number of rotatable bonds is 13. The molecule has 0 rings (SSSR count). The molecule has 0 radical (unpaired) electrons. The van der Waals surface area contributed by atoms with Crippen molar-refractivity contribution in [2.75, 3.05) is 27.7 Å². The summed E-state index contributed by atoms with van der Waals surface area (Å²) in [5.74, 6) is -1.06. The minimum absolute atomic E-state index is 0.0587. The number of ether oxygens (including phenoxy) is 1. The normalized spacial score (nSPS) is 13.5. The van der Waals surface area contributed by atoms with Crippen LogP contribution in [0.15, 0.2) is 12.3 Å². The molecule has 0 heterocycles. The number of nitrogens with zero attached hydrogens (tertiary/aromatic N) is 1. The Bertz CT molecular complexity index is 295. The van der Waals surface area contributed by atoms with Gasteiger partial charge in [0.25, 0.3) is 0 Å². The second-order valence-electron chi connectivity index (χ2n) is 6.74. The number of hydrogen-bond acceptors (Lipinski definition) is 3. The van der Waals surface area contributed by atoms with Crippen molar-refractivity contribution in [2.24, 2.45) is 0 Å². The minimum Gasteiger partial charge on any atom is -0.550 e. The van der Waals surface area contributed by atoms with Gasteiger partial charge in [0.05, 0.1) is 27.4 Å². The van der Waals surface area contributed by atoms with Gasteiger partial charge in [-0.25, -0.2) is 0 Å². The molecular formula is C17H33NO3. The number of aliphatic carboxylic acids is 1. The second kappa shape index (κ2) is 11.6. The summed E-state index contributed by atoms with van der Waals surface area (Å²) in [5.41, 5.74) is 0. The van der Waals surface area contributed by atoms with E-state index in [1.165, 1.54) is 38.5 Å². The summed E-state index contributed by atoms with van der Waals surface area (Å²) in [6, 6.07) is 0. The first-order chi connectivity index (χ1) is 9.85. The monoisotopic (exact) mass is 299 g/mol. The largest absolute Gasteiger partial charge is 0.550 e. The molecule has 0 aliphatic heterocycles.